The van der Waals surface area contributed by atoms with E-state index in [1.807, 2.05) is 10.9 Å². The third kappa shape index (κ3) is 2.80. The summed E-state index contributed by atoms with van der Waals surface area (Å²) < 4.78 is 22.1. The maximum Gasteiger partial charge on any atom is 0.125 e. The molecule has 1 saturated carbocycles. The largest absolute Gasteiger partial charge is 0.487 e. The molecule has 1 unspecified atom stereocenters. The van der Waals surface area contributed by atoms with Crippen molar-refractivity contribution in [1.29, 1.82) is 0 Å². The Hall–Kier alpha value is -1.91. The van der Waals surface area contributed by atoms with E-state index in [2.05, 4.69) is 24.2 Å². The van der Waals surface area contributed by atoms with Crippen LogP contribution in [0.3, 0.4) is 0 Å². The highest BCUT2D eigenvalue weighted by molar-refractivity contribution is 5.40. The van der Waals surface area contributed by atoms with Crippen LogP contribution in [-0.2, 0) is 6.42 Å². The molecule has 1 atom stereocenters. The summed E-state index contributed by atoms with van der Waals surface area (Å²) >= 11 is 0. The number of fused-ring (bicyclic) bond motifs is 1. The highest BCUT2D eigenvalue weighted by Crippen LogP contribution is 2.48. The second-order valence-corrected chi connectivity index (χ2v) is 7.68. The molecule has 1 spiro atoms. The standard InChI is InChI=1S/C19H24FN3O/c1-13(2)9-15-12-23(22-21-15)17-11-19(7-3-4-8-19)24-18-6-5-14(20)10-16(17)18/h5-6,10,12-13,17H,3-4,7-9,11H2,1-2H3. The molecule has 2 heterocycles. The molecule has 2 aliphatic rings. The van der Waals surface area contributed by atoms with Crippen LogP contribution in [0.1, 0.15) is 63.3 Å². The molecular formula is C19H24FN3O. The highest BCUT2D eigenvalue weighted by Gasteiger charge is 2.44. The number of aromatic nitrogens is 3. The summed E-state index contributed by atoms with van der Waals surface area (Å²) in [5.41, 5.74) is 1.75. The monoisotopic (exact) mass is 329 g/mol. The molecule has 5 heteroatoms. The Balaban J connectivity index is 1.72. The first kappa shape index (κ1) is 15.6. The lowest BCUT2D eigenvalue weighted by Gasteiger charge is -2.39. The van der Waals surface area contributed by atoms with Crippen molar-refractivity contribution in [2.45, 2.75) is 64.0 Å². The van der Waals surface area contributed by atoms with Crippen LogP contribution in [0.25, 0.3) is 0 Å². The van der Waals surface area contributed by atoms with Crippen molar-refractivity contribution in [2.75, 3.05) is 0 Å². The second-order valence-electron chi connectivity index (χ2n) is 7.68. The molecule has 4 nitrogen and oxygen atoms in total. The van der Waals surface area contributed by atoms with Crippen molar-refractivity contribution in [3.05, 3.63) is 41.5 Å². The fourth-order valence-corrected chi connectivity index (χ4v) is 4.15. The van der Waals surface area contributed by atoms with Crippen molar-refractivity contribution in [2.24, 2.45) is 5.92 Å². The second kappa shape index (κ2) is 5.87. The number of hydrogen-bond acceptors (Lipinski definition) is 3. The van der Waals surface area contributed by atoms with Gasteiger partial charge >= 0.3 is 0 Å². The first-order valence-corrected chi connectivity index (χ1v) is 8.94. The van der Waals surface area contributed by atoms with E-state index in [-0.39, 0.29) is 17.5 Å². The van der Waals surface area contributed by atoms with Crippen molar-refractivity contribution in [3.63, 3.8) is 0 Å². The van der Waals surface area contributed by atoms with Gasteiger partial charge < -0.3 is 4.74 Å². The van der Waals surface area contributed by atoms with Gasteiger partial charge in [0.25, 0.3) is 0 Å². The number of benzene rings is 1. The van der Waals surface area contributed by atoms with Crippen molar-refractivity contribution in [1.82, 2.24) is 15.0 Å². The minimum Gasteiger partial charge on any atom is -0.487 e. The predicted octanol–water partition coefficient (Wildman–Crippen LogP) is 4.30. The minimum absolute atomic E-state index is 0.00374. The van der Waals surface area contributed by atoms with E-state index in [0.717, 1.165) is 42.7 Å². The number of nitrogens with zero attached hydrogens (tertiary/aromatic N) is 3. The molecule has 1 fully saturated rings. The topological polar surface area (TPSA) is 39.9 Å². The first-order valence-electron chi connectivity index (χ1n) is 8.94. The zero-order valence-corrected chi connectivity index (χ0v) is 14.3. The molecule has 0 bridgehead atoms. The predicted molar refractivity (Wildman–Crippen MR) is 89.5 cm³/mol. The first-order chi connectivity index (χ1) is 11.5. The lowest BCUT2D eigenvalue weighted by atomic mass is 9.86. The van der Waals surface area contributed by atoms with E-state index in [1.54, 1.807) is 12.1 Å². The Labute approximate surface area is 142 Å². The Morgan fingerprint density at radius 3 is 2.88 bits per heavy atom. The Kier molecular flexibility index (Phi) is 3.82. The van der Waals surface area contributed by atoms with Gasteiger partial charge in [0.1, 0.15) is 17.2 Å². The summed E-state index contributed by atoms with van der Waals surface area (Å²) in [6, 6.07) is 4.83. The number of rotatable bonds is 3. The zero-order chi connectivity index (χ0) is 16.7. The minimum atomic E-state index is -0.229. The van der Waals surface area contributed by atoms with Crippen LogP contribution in [0.5, 0.6) is 5.75 Å². The highest BCUT2D eigenvalue weighted by atomic mass is 19.1. The summed E-state index contributed by atoms with van der Waals surface area (Å²) in [5.74, 6) is 1.11. The van der Waals surface area contributed by atoms with Crippen LogP contribution in [0.15, 0.2) is 24.4 Å². The zero-order valence-electron chi connectivity index (χ0n) is 14.3. The van der Waals surface area contributed by atoms with Crippen molar-refractivity contribution < 1.29 is 9.13 Å². The normalized spacial score (nSPS) is 21.9. The van der Waals surface area contributed by atoms with Gasteiger partial charge in [-0.2, -0.15) is 0 Å². The van der Waals surface area contributed by atoms with Crippen LogP contribution >= 0.6 is 0 Å². The van der Waals surface area contributed by atoms with E-state index in [1.165, 1.54) is 18.9 Å². The van der Waals surface area contributed by atoms with Gasteiger partial charge in [-0.25, -0.2) is 9.07 Å². The van der Waals surface area contributed by atoms with E-state index < -0.39 is 0 Å². The average Bonchev–Trinajstić information content (AvgIpc) is 3.17. The van der Waals surface area contributed by atoms with Gasteiger partial charge in [0.05, 0.1) is 11.7 Å². The SMILES string of the molecule is CC(C)Cc1cn(C2CC3(CCCC3)Oc3ccc(F)cc32)nn1. The molecule has 4 rings (SSSR count). The lowest BCUT2D eigenvalue weighted by molar-refractivity contribution is 0.0352. The maximum atomic E-state index is 13.8. The summed E-state index contributed by atoms with van der Waals surface area (Å²) in [5, 5.41) is 8.69. The van der Waals surface area contributed by atoms with Crippen molar-refractivity contribution >= 4 is 0 Å². The van der Waals surface area contributed by atoms with Gasteiger partial charge in [-0.1, -0.05) is 19.1 Å². The van der Waals surface area contributed by atoms with Gasteiger partial charge in [0.15, 0.2) is 0 Å². The van der Waals surface area contributed by atoms with E-state index in [0.29, 0.717) is 5.92 Å². The third-order valence-electron chi connectivity index (χ3n) is 5.23. The fraction of sp³-hybridized carbons (Fsp3) is 0.579. The van der Waals surface area contributed by atoms with Crippen LogP contribution in [0.2, 0.25) is 0 Å². The van der Waals surface area contributed by atoms with Gasteiger partial charge in [-0.05, 0) is 56.2 Å². The van der Waals surface area contributed by atoms with Gasteiger partial charge in [0, 0.05) is 18.2 Å². The summed E-state index contributed by atoms with van der Waals surface area (Å²) in [6.07, 6.45) is 8.28. The Bertz CT molecular complexity index is 734. The number of ether oxygens (including phenoxy) is 1. The third-order valence-corrected chi connectivity index (χ3v) is 5.23. The molecule has 1 aliphatic carbocycles. The summed E-state index contributed by atoms with van der Waals surface area (Å²) in [7, 11) is 0. The number of hydrogen-bond donors (Lipinski definition) is 0. The van der Waals surface area contributed by atoms with Gasteiger partial charge in [-0.3, -0.25) is 0 Å². The lowest BCUT2D eigenvalue weighted by Crippen LogP contribution is -2.40. The quantitative estimate of drug-likeness (QED) is 0.843. The average molecular weight is 329 g/mol. The fourth-order valence-electron chi connectivity index (χ4n) is 4.15. The van der Waals surface area contributed by atoms with Crippen molar-refractivity contribution in [3.8, 4) is 5.75 Å². The molecule has 0 saturated heterocycles. The smallest absolute Gasteiger partial charge is 0.125 e. The summed E-state index contributed by atoms with van der Waals surface area (Å²) in [6.45, 7) is 4.34. The maximum absolute atomic E-state index is 13.8. The van der Waals surface area contributed by atoms with Crippen LogP contribution in [0, 0.1) is 11.7 Å². The Morgan fingerprint density at radius 1 is 1.33 bits per heavy atom. The molecule has 0 radical (unpaired) electrons. The molecule has 128 valence electrons. The molecular weight excluding hydrogens is 305 g/mol. The molecule has 0 amide bonds. The molecule has 0 N–H and O–H groups in total. The molecule has 2 aromatic rings. The molecule has 1 aromatic heterocycles. The van der Waals surface area contributed by atoms with Gasteiger partial charge in [-0.15, -0.1) is 5.10 Å². The van der Waals surface area contributed by atoms with E-state index >= 15 is 0 Å². The van der Waals surface area contributed by atoms with E-state index in [9.17, 15) is 4.39 Å². The van der Waals surface area contributed by atoms with Crippen LogP contribution < -0.4 is 4.74 Å². The summed E-state index contributed by atoms with van der Waals surface area (Å²) in [4.78, 5) is 0. The van der Waals surface area contributed by atoms with Crippen LogP contribution in [0.4, 0.5) is 4.39 Å². The molecule has 24 heavy (non-hydrogen) atoms. The van der Waals surface area contributed by atoms with Crippen LogP contribution in [-0.4, -0.2) is 20.6 Å². The number of halogens is 1. The van der Waals surface area contributed by atoms with E-state index in [4.69, 9.17) is 4.74 Å². The molecule has 1 aromatic carbocycles. The van der Waals surface area contributed by atoms with Gasteiger partial charge in [0.2, 0.25) is 0 Å². The Morgan fingerprint density at radius 2 is 2.12 bits per heavy atom. The molecule has 1 aliphatic heterocycles.